The molecule has 0 spiro atoms. The van der Waals surface area contributed by atoms with Crippen LogP contribution in [0.1, 0.15) is 41.6 Å². The molecule has 1 amide bonds. The highest BCUT2D eigenvalue weighted by Gasteiger charge is 2.18. The number of rotatable bonds is 7. The number of carbonyl (C=O) groups excluding carboxylic acids is 1. The zero-order valence-corrected chi connectivity index (χ0v) is 15.3. The lowest BCUT2D eigenvalue weighted by molar-refractivity contribution is -0.119. The summed E-state index contributed by atoms with van der Waals surface area (Å²) in [6.45, 7) is 6.97. The van der Waals surface area contributed by atoms with E-state index in [1.54, 1.807) is 24.0 Å². The molecular formula is C17H21N7O3. The van der Waals surface area contributed by atoms with Gasteiger partial charge in [0.15, 0.2) is 5.69 Å². The molecule has 0 bridgehead atoms. The highest BCUT2D eigenvalue weighted by Crippen LogP contribution is 2.13. The summed E-state index contributed by atoms with van der Waals surface area (Å²) in [4.78, 5) is 23.3. The van der Waals surface area contributed by atoms with E-state index >= 15 is 0 Å². The Labute approximate surface area is 155 Å². The summed E-state index contributed by atoms with van der Waals surface area (Å²) in [5.74, 6) is -1.45. The van der Waals surface area contributed by atoms with Gasteiger partial charge in [-0.1, -0.05) is 0 Å². The van der Waals surface area contributed by atoms with E-state index in [4.69, 9.17) is 5.11 Å². The van der Waals surface area contributed by atoms with Crippen LogP contribution in [-0.2, 0) is 17.9 Å². The van der Waals surface area contributed by atoms with E-state index in [0.29, 0.717) is 12.2 Å². The Morgan fingerprint density at radius 1 is 1.26 bits per heavy atom. The van der Waals surface area contributed by atoms with Crippen LogP contribution in [0.3, 0.4) is 0 Å². The maximum absolute atomic E-state index is 12.4. The van der Waals surface area contributed by atoms with Gasteiger partial charge in [-0.2, -0.15) is 15.3 Å². The quantitative estimate of drug-likeness (QED) is 0.650. The molecule has 0 aromatic carbocycles. The van der Waals surface area contributed by atoms with Crippen molar-refractivity contribution in [3.63, 3.8) is 0 Å². The van der Waals surface area contributed by atoms with E-state index in [2.05, 4.69) is 20.6 Å². The van der Waals surface area contributed by atoms with Crippen molar-refractivity contribution < 1.29 is 14.7 Å². The molecule has 0 aliphatic rings. The predicted molar refractivity (Wildman–Crippen MR) is 96.5 cm³/mol. The van der Waals surface area contributed by atoms with Crippen molar-refractivity contribution >= 4 is 17.6 Å². The van der Waals surface area contributed by atoms with E-state index in [0.717, 1.165) is 17.8 Å². The van der Waals surface area contributed by atoms with Crippen LogP contribution in [0, 0.1) is 6.92 Å². The first-order chi connectivity index (χ1) is 12.9. The second-order valence-electron chi connectivity index (χ2n) is 6.17. The summed E-state index contributed by atoms with van der Waals surface area (Å²) in [7, 11) is 0. The second-order valence-corrected chi connectivity index (χ2v) is 6.17. The van der Waals surface area contributed by atoms with Crippen LogP contribution in [0.2, 0.25) is 0 Å². The summed E-state index contributed by atoms with van der Waals surface area (Å²) < 4.78 is 4.90. The largest absolute Gasteiger partial charge is 0.476 e. The number of nitrogens with one attached hydrogen (secondary N) is 1. The van der Waals surface area contributed by atoms with Crippen molar-refractivity contribution in [3.8, 4) is 0 Å². The highest BCUT2D eigenvalue weighted by atomic mass is 16.4. The Morgan fingerprint density at radius 3 is 2.67 bits per heavy atom. The van der Waals surface area contributed by atoms with Crippen LogP contribution in [0.4, 0.5) is 5.69 Å². The number of amides is 1. The standard InChI is InChI=1S/C17H21N7O3/c1-4-22-8-13(11(2)20-22)9-23-10-14(7-18-23)19-16(25)12(3)24-6-5-15(21-24)17(26)27/h5-8,10,12H,4,9H2,1-3H3,(H,19,25)(H,26,27). The molecule has 1 atom stereocenters. The van der Waals surface area contributed by atoms with Crippen molar-refractivity contribution in [2.24, 2.45) is 0 Å². The molecule has 0 aliphatic carbocycles. The first-order valence-electron chi connectivity index (χ1n) is 8.52. The van der Waals surface area contributed by atoms with Crippen LogP contribution < -0.4 is 5.32 Å². The minimum Gasteiger partial charge on any atom is -0.476 e. The predicted octanol–water partition coefficient (Wildman–Crippen LogP) is 1.55. The minimum atomic E-state index is -1.13. The van der Waals surface area contributed by atoms with Crippen LogP contribution in [0.25, 0.3) is 0 Å². The fourth-order valence-corrected chi connectivity index (χ4v) is 2.60. The van der Waals surface area contributed by atoms with Crippen molar-refractivity contribution in [1.82, 2.24) is 29.3 Å². The number of nitrogens with zero attached hydrogens (tertiary/aromatic N) is 6. The van der Waals surface area contributed by atoms with Crippen molar-refractivity contribution in [2.45, 2.75) is 39.9 Å². The molecule has 3 aromatic rings. The number of carboxylic acid groups (broad SMARTS) is 1. The van der Waals surface area contributed by atoms with Gasteiger partial charge in [-0.15, -0.1) is 0 Å². The van der Waals surface area contributed by atoms with Crippen LogP contribution >= 0.6 is 0 Å². The van der Waals surface area contributed by atoms with E-state index in [1.807, 2.05) is 24.7 Å². The molecule has 27 heavy (non-hydrogen) atoms. The van der Waals surface area contributed by atoms with Crippen molar-refractivity contribution in [2.75, 3.05) is 5.32 Å². The average Bonchev–Trinajstić information content (AvgIpc) is 3.35. The number of carboxylic acids is 1. The first kappa shape index (κ1) is 18.4. The lowest BCUT2D eigenvalue weighted by Gasteiger charge is -2.11. The number of aryl methyl sites for hydroxylation is 2. The zero-order valence-electron chi connectivity index (χ0n) is 15.3. The lowest BCUT2D eigenvalue weighted by Crippen LogP contribution is -2.24. The first-order valence-corrected chi connectivity index (χ1v) is 8.52. The summed E-state index contributed by atoms with van der Waals surface area (Å²) >= 11 is 0. The molecule has 2 N–H and O–H groups in total. The van der Waals surface area contributed by atoms with Gasteiger partial charge in [-0.25, -0.2) is 4.79 Å². The van der Waals surface area contributed by atoms with Crippen LogP contribution in [0.15, 0.2) is 30.9 Å². The van der Waals surface area contributed by atoms with Crippen LogP contribution in [0.5, 0.6) is 0 Å². The van der Waals surface area contributed by atoms with Gasteiger partial charge >= 0.3 is 5.97 Å². The van der Waals surface area contributed by atoms with Gasteiger partial charge in [0.2, 0.25) is 5.91 Å². The van der Waals surface area contributed by atoms with Gasteiger partial charge in [-0.05, 0) is 26.8 Å². The maximum Gasteiger partial charge on any atom is 0.356 e. The van der Waals surface area contributed by atoms with Crippen molar-refractivity contribution in [1.29, 1.82) is 0 Å². The highest BCUT2D eigenvalue weighted by molar-refractivity contribution is 5.93. The van der Waals surface area contributed by atoms with E-state index < -0.39 is 12.0 Å². The van der Waals surface area contributed by atoms with Gasteiger partial charge in [0.1, 0.15) is 6.04 Å². The second kappa shape index (κ2) is 7.44. The normalized spacial score (nSPS) is 12.1. The van der Waals surface area contributed by atoms with Gasteiger partial charge in [0, 0.05) is 30.7 Å². The Hall–Kier alpha value is -3.43. The molecule has 3 rings (SSSR count). The number of hydrogen-bond acceptors (Lipinski definition) is 5. The lowest BCUT2D eigenvalue weighted by atomic mass is 10.3. The number of hydrogen-bond donors (Lipinski definition) is 2. The number of anilines is 1. The van der Waals surface area contributed by atoms with Crippen molar-refractivity contribution in [3.05, 3.63) is 47.8 Å². The molecule has 10 nitrogen and oxygen atoms in total. The summed E-state index contributed by atoms with van der Waals surface area (Å²) in [6.07, 6.45) is 6.75. The number of aromatic carboxylic acids is 1. The van der Waals surface area contributed by atoms with E-state index in [9.17, 15) is 9.59 Å². The molecule has 1 unspecified atom stereocenters. The van der Waals surface area contributed by atoms with Crippen LogP contribution in [-0.4, -0.2) is 46.3 Å². The average molecular weight is 371 g/mol. The van der Waals surface area contributed by atoms with E-state index in [-0.39, 0.29) is 11.6 Å². The fraction of sp³-hybridized carbons (Fsp3) is 0.353. The Kier molecular flexibility index (Phi) is 5.06. The van der Waals surface area contributed by atoms with Gasteiger partial charge in [0.05, 0.1) is 24.1 Å². The Morgan fingerprint density at radius 2 is 2.04 bits per heavy atom. The monoisotopic (exact) mass is 371 g/mol. The third-order valence-electron chi connectivity index (χ3n) is 4.21. The Bertz CT molecular complexity index is 969. The molecule has 3 heterocycles. The molecule has 0 saturated heterocycles. The minimum absolute atomic E-state index is 0.106. The molecule has 142 valence electrons. The topological polar surface area (TPSA) is 120 Å². The maximum atomic E-state index is 12.4. The molecule has 0 saturated carbocycles. The van der Waals surface area contributed by atoms with E-state index in [1.165, 1.54) is 16.9 Å². The van der Waals surface area contributed by atoms with Gasteiger partial charge in [0.25, 0.3) is 0 Å². The molecule has 10 heteroatoms. The van der Waals surface area contributed by atoms with Gasteiger partial charge in [-0.3, -0.25) is 18.8 Å². The third-order valence-corrected chi connectivity index (χ3v) is 4.21. The summed E-state index contributed by atoms with van der Waals surface area (Å²) in [6, 6.07) is 0.689. The number of carbonyl (C=O) groups is 2. The summed E-state index contributed by atoms with van der Waals surface area (Å²) in [5, 5.41) is 24.2. The molecule has 0 radical (unpaired) electrons. The Balaban J connectivity index is 1.64. The zero-order chi connectivity index (χ0) is 19.6. The molecule has 0 aliphatic heterocycles. The molecule has 0 fully saturated rings. The fourth-order valence-electron chi connectivity index (χ4n) is 2.60. The molecule has 3 aromatic heterocycles. The third kappa shape index (κ3) is 4.05. The number of aromatic nitrogens is 6. The summed E-state index contributed by atoms with van der Waals surface area (Å²) in [5.41, 5.74) is 2.45. The smallest absolute Gasteiger partial charge is 0.356 e. The van der Waals surface area contributed by atoms with Gasteiger partial charge < -0.3 is 10.4 Å². The molecular weight excluding hydrogens is 350 g/mol. The SMILES string of the molecule is CCn1cc(Cn2cc(NC(=O)C(C)n3ccc(C(=O)O)n3)cn2)c(C)n1.